The molecule has 2 heterocycles. The molecule has 2 rings (SSSR count). The molecule has 7 nitrogen and oxygen atoms in total. The summed E-state index contributed by atoms with van der Waals surface area (Å²) in [6, 6.07) is 5.75. The van der Waals surface area contributed by atoms with Crippen LogP contribution in [0.4, 0.5) is 4.79 Å². The maximum atomic E-state index is 12.7. The summed E-state index contributed by atoms with van der Waals surface area (Å²) in [6.45, 7) is 8.09. The van der Waals surface area contributed by atoms with Crippen molar-refractivity contribution in [1.29, 1.82) is 0 Å². The predicted molar refractivity (Wildman–Crippen MR) is 163 cm³/mol. The number of carbonyl (C=O) groups excluding carboxylic acids is 2. The van der Waals surface area contributed by atoms with Gasteiger partial charge in [-0.3, -0.25) is 4.79 Å². The lowest BCUT2D eigenvalue weighted by Gasteiger charge is -2.19. The second-order valence-electron chi connectivity index (χ2n) is 11.7. The van der Waals surface area contributed by atoms with Crippen LogP contribution in [-0.2, 0) is 32.1 Å². The highest BCUT2D eigenvalue weighted by Crippen LogP contribution is 2.22. The summed E-state index contributed by atoms with van der Waals surface area (Å²) in [5, 5.41) is 0. The van der Waals surface area contributed by atoms with E-state index >= 15 is 0 Å². The third-order valence-corrected chi connectivity index (χ3v) is 8.08. The molecule has 0 spiro atoms. The summed E-state index contributed by atoms with van der Waals surface area (Å²) in [5.41, 5.74) is 0.883. The second-order valence-corrected chi connectivity index (χ2v) is 11.7. The van der Waals surface area contributed by atoms with Crippen LogP contribution in [0.15, 0.2) is 24.4 Å². The highest BCUT2D eigenvalue weighted by molar-refractivity contribution is 5.90. The third kappa shape index (κ3) is 17.1. The van der Waals surface area contributed by atoms with Crippen LogP contribution in [-0.4, -0.2) is 43.0 Å². The van der Waals surface area contributed by atoms with Gasteiger partial charge in [0.1, 0.15) is 13.1 Å². The van der Waals surface area contributed by atoms with Gasteiger partial charge in [0.05, 0.1) is 13.2 Å². The van der Waals surface area contributed by atoms with Gasteiger partial charge in [-0.15, -0.1) is 0 Å². The van der Waals surface area contributed by atoms with Gasteiger partial charge in [-0.25, -0.2) is 14.3 Å². The van der Waals surface area contributed by atoms with Crippen molar-refractivity contribution in [1.82, 2.24) is 4.90 Å². The summed E-state index contributed by atoms with van der Waals surface area (Å²) in [5.74, 6) is -0.245. The lowest BCUT2D eigenvalue weighted by atomic mass is 10.0. The van der Waals surface area contributed by atoms with Crippen molar-refractivity contribution in [3.05, 3.63) is 30.1 Å². The molecule has 0 N–H and O–H groups in total. The van der Waals surface area contributed by atoms with Crippen molar-refractivity contribution < 1.29 is 52.3 Å². The molecule has 0 aromatic carbocycles. The van der Waals surface area contributed by atoms with E-state index in [4.69, 9.17) is 14.2 Å². The van der Waals surface area contributed by atoms with Crippen molar-refractivity contribution in [3.63, 3.8) is 0 Å². The van der Waals surface area contributed by atoms with Crippen LogP contribution < -0.4 is 28.5 Å². The first-order valence-electron chi connectivity index (χ1n) is 16.7. The number of aromatic nitrogens is 1. The van der Waals surface area contributed by atoms with Crippen molar-refractivity contribution in [2.45, 2.75) is 149 Å². The smallest absolute Gasteiger partial charge is 0.417 e. The number of pyridine rings is 1. The predicted octanol–water partition coefficient (Wildman–Crippen LogP) is 5.12. The molecule has 2 atom stereocenters. The van der Waals surface area contributed by atoms with Crippen LogP contribution in [0.25, 0.3) is 0 Å². The molecule has 0 radical (unpaired) electrons. The normalized spacial score (nSPS) is 16.3. The van der Waals surface area contributed by atoms with Gasteiger partial charge >= 0.3 is 6.09 Å². The lowest BCUT2D eigenvalue weighted by molar-refractivity contribution is -0.701. The highest BCUT2D eigenvalue weighted by Gasteiger charge is 2.29. The van der Waals surface area contributed by atoms with Gasteiger partial charge in [0.25, 0.3) is 0 Å². The number of halogens is 1. The Morgan fingerprint density at radius 2 is 1.45 bits per heavy atom. The molecular formula is C34H59IN2O5. The second kappa shape index (κ2) is 25.1. The van der Waals surface area contributed by atoms with Crippen molar-refractivity contribution >= 4 is 12.0 Å². The van der Waals surface area contributed by atoms with Gasteiger partial charge in [-0.1, -0.05) is 109 Å². The monoisotopic (exact) mass is 702 g/mol. The maximum absolute atomic E-state index is 12.7. The Morgan fingerprint density at radius 3 is 2.00 bits per heavy atom. The number of nitrogens with zero attached hydrogens (tertiary/aromatic N) is 2. The average molecular weight is 703 g/mol. The molecule has 1 saturated heterocycles. The van der Waals surface area contributed by atoms with E-state index in [1.807, 2.05) is 35.9 Å². The Bertz CT molecular complexity index is 840. The van der Waals surface area contributed by atoms with Gasteiger partial charge in [-0.05, 0) is 13.3 Å². The number of carbonyl (C=O) groups is 2. The number of aryl methyl sites for hydroxylation is 1. The molecule has 1 fully saturated rings. The molecule has 42 heavy (non-hydrogen) atoms. The number of hydrogen-bond acceptors (Lipinski definition) is 5. The lowest BCUT2D eigenvalue weighted by Crippen LogP contribution is -3.00. The number of amides is 2. The molecule has 1 aromatic rings. The minimum Gasteiger partial charge on any atom is -1.00 e. The number of unbranched alkanes of at least 4 members (excludes halogenated alkanes) is 15. The Hall–Kier alpha value is -1.26. The van der Waals surface area contributed by atoms with Gasteiger partial charge in [0, 0.05) is 38.0 Å². The van der Waals surface area contributed by atoms with E-state index < -0.39 is 6.09 Å². The average Bonchev–Trinajstić information content (AvgIpc) is 3.44. The van der Waals surface area contributed by atoms with Crippen LogP contribution in [0.2, 0.25) is 0 Å². The summed E-state index contributed by atoms with van der Waals surface area (Å²) in [4.78, 5) is 26.0. The largest absolute Gasteiger partial charge is 1.00 e. The molecule has 2 amide bonds. The standard InChI is InChI=1S/C34H59N2O5.HI/c1-4-6-7-8-9-10-11-12-13-14-15-16-17-18-19-22-25-39-33-26-31(28-40-33)29-41-34(38)36(30(3)37)27-32-23-20-21-24-35(32)5-2;/h20-21,23-24,31,33H,4-19,22,25-29H2,1-3H3;1H/q+1;/p-1. The number of imide groups is 1. The van der Waals surface area contributed by atoms with Crippen molar-refractivity contribution in [3.8, 4) is 0 Å². The van der Waals surface area contributed by atoms with Gasteiger partial charge in [0.15, 0.2) is 12.5 Å². The number of ether oxygens (including phenoxy) is 3. The van der Waals surface area contributed by atoms with Crippen LogP contribution >= 0.6 is 0 Å². The Morgan fingerprint density at radius 1 is 0.881 bits per heavy atom. The minimum atomic E-state index is -0.610. The van der Waals surface area contributed by atoms with E-state index in [9.17, 15) is 9.59 Å². The molecular weight excluding hydrogens is 643 g/mol. The van der Waals surface area contributed by atoms with Crippen LogP contribution in [0, 0.1) is 5.92 Å². The van der Waals surface area contributed by atoms with Gasteiger partial charge in [0.2, 0.25) is 11.6 Å². The molecule has 0 saturated carbocycles. The molecule has 2 unspecified atom stereocenters. The zero-order valence-electron chi connectivity index (χ0n) is 26.8. The summed E-state index contributed by atoms with van der Waals surface area (Å²) >= 11 is 0. The molecule has 242 valence electrons. The van der Waals surface area contributed by atoms with Crippen molar-refractivity contribution in [2.24, 2.45) is 5.92 Å². The fourth-order valence-corrected chi connectivity index (χ4v) is 5.45. The van der Waals surface area contributed by atoms with E-state index in [-0.39, 0.29) is 55.2 Å². The molecule has 1 aliphatic heterocycles. The van der Waals surface area contributed by atoms with Crippen LogP contribution in [0.3, 0.4) is 0 Å². The highest BCUT2D eigenvalue weighted by atomic mass is 127. The Kier molecular flexibility index (Phi) is 23.2. The van der Waals surface area contributed by atoms with Gasteiger partial charge < -0.3 is 38.2 Å². The van der Waals surface area contributed by atoms with E-state index in [0.717, 1.165) is 23.6 Å². The third-order valence-electron chi connectivity index (χ3n) is 8.08. The Labute approximate surface area is 273 Å². The molecule has 8 heteroatoms. The fraction of sp³-hybridized carbons (Fsp3) is 0.794. The van der Waals surface area contributed by atoms with E-state index in [0.29, 0.717) is 19.6 Å². The van der Waals surface area contributed by atoms with E-state index in [1.54, 1.807) is 0 Å². The quantitative estimate of drug-likeness (QED) is 0.0900. The molecule has 0 bridgehead atoms. The van der Waals surface area contributed by atoms with E-state index in [2.05, 4.69) is 6.92 Å². The van der Waals surface area contributed by atoms with Crippen LogP contribution in [0.5, 0.6) is 0 Å². The van der Waals surface area contributed by atoms with E-state index in [1.165, 1.54) is 103 Å². The summed E-state index contributed by atoms with van der Waals surface area (Å²) in [7, 11) is 0. The zero-order chi connectivity index (χ0) is 29.5. The first kappa shape index (κ1) is 38.8. The Balaban J connectivity index is 0.00000882. The first-order chi connectivity index (χ1) is 20.0. The number of rotatable bonds is 23. The molecule has 1 aliphatic rings. The maximum Gasteiger partial charge on any atom is 0.417 e. The number of hydrogen-bond donors (Lipinski definition) is 0. The van der Waals surface area contributed by atoms with Gasteiger partial charge in [-0.2, -0.15) is 0 Å². The zero-order valence-corrected chi connectivity index (χ0v) is 29.0. The van der Waals surface area contributed by atoms with Crippen LogP contribution in [0.1, 0.15) is 136 Å². The fourth-order valence-electron chi connectivity index (χ4n) is 5.45. The SMILES string of the molecule is CCCCCCCCCCCCCCCCCCOC1CC(COC(=O)N(Cc2cccc[n+]2CC)C(C)=O)CO1.[I-]. The summed E-state index contributed by atoms with van der Waals surface area (Å²) in [6.07, 6.45) is 23.5. The molecule has 1 aromatic heterocycles. The van der Waals surface area contributed by atoms with Crippen molar-refractivity contribution in [2.75, 3.05) is 19.8 Å². The topological polar surface area (TPSA) is 69.0 Å². The minimum absolute atomic E-state index is 0. The molecule has 0 aliphatic carbocycles. The first-order valence-corrected chi connectivity index (χ1v) is 16.7. The summed E-state index contributed by atoms with van der Waals surface area (Å²) < 4.78 is 19.2.